The fourth-order valence-electron chi connectivity index (χ4n) is 2.38. The number of para-hydroxylation sites is 1. The van der Waals surface area contributed by atoms with Crippen molar-refractivity contribution in [2.24, 2.45) is 0 Å². The van der Waals surface area contributed by atoms with Crippen molar-refractivity contribution in [3.8, 4) is 0 Å². The van der Waals surface area contributed by atoms with Crippen LogP contribution in [0.3, 0.4) is 0 Å². The van der Waals surface area contributed by atoms with Crippen LogP contribution in [0.4, 0.5) is 14.5 Å². The molecule has 0 saturated carbocycles. The molecule has 1 N–H and O–H groups in total. The lowest BCUT2D eigenvalue weighted by Crippen LogP contribution is -2.44. The highest BCUT2D eigenvalue weighted by atomic mass is 19.3. The number of nitrogens with one attached hydrogen (secondary N) is 1. The highest BCUT2D eigenvalue weighted by Gasteiger charge is 2.43. The highest BCUT2D eigenvalue weighted by Crippen LogP contribution is 2.25. The zero-order valence-corrected chi connectivity index (χ0v) is 12.4. The molecule has 0 spiro atoms. The lowest BCUT2D eigenvalue weighted by atomic mass is 10.1. The van der Waals surface area contributed by atoms with Crippen molar-refractivity contribution in [2.75, 3.05) is 38.6 Å². The van der Waals surface area contributed by atoms with Gasteiger partial charge >= 0.3 is 0 Å². The molecule has 116 valence electrons. The topological polar surface area (TPSA) is 35.6 Å². The maximum absolute atomic E-state index is 13.1. The van der Waals surface area contributed by atoms with E-state index in [1.54, 1.807) is 7.05 Å². The van der Waals surface area contributed by atoms with Crippen LogP contribution in [0.2, 0.25) is 0 Å². The minimum absolute atomic E-state index is 0.270. The Morgan fingerprint density at radius 1 is 1.29 bits per heavy atom. The first kappa shape index (κ1) is 15.7. The van der Waals surface area contributed by atoms with Crippen molar-refractivity contribution in [2.45, 2.75) is 18.4 Å². The molecule has 0 bridgehead atoms. The number of halogens is 2. The van der Waals surface area contributed by atoms with Gasteiger partial charge in [-0.3, -0.25) is 10.1 Å². The second-order valence-electron chi connectivity index (χ2n) is 5.51. The van der Waals surface area contributed by atoms with Gasteiger partial charge in [-0.05, 0) is 12.1 Å². The van der Waals surface area contributed by atoms with Crippen LogP contribution in [0.15, 0.2) is 30.3 Å². The number of nitrogens with zero attached hydrogens (tertiary/aromatic N) is 2. The van der Waals surface area contributed by atoms with Crippen LogP contribution in [0.5, 0.6) is 0 Å². The number of hydrogen-bond acceptors (Lipinski definition) is 3. The van der Waals surface area contributed by atoms with Gasteiger partial charge in [0, 0.05) is 39.3 Å². The Kier molecular flexibility index (Phi) is 4.77. The number of amides is 1. The molecule has 1 atom stereocenters. The molecule has 1 aliphatic heterocycles. The number of alkyl halides is 2. The number of carbonyl (C=O) groups is 1. The van der Waals surface area contributed by atoms with E-state index in [9.17, 15) is 13.6 Å². The lowest BCUT2D eigenvalue weighted by Gasteiger charge is -2.25. The highest BCUT2D eigenvalue weighted by molar-refractivity contribution is 5.82. The van der Waals surface area contributed by atoms with E-state index in [2.05, 4.69) is 5.32 Å². The zero-order valence-electron chi connectivity index (χ0n) is 12.4. The summed E-state index contributed by atoms with van der Waals surface area (Å²) in [6, 6.07) is 9.05. The number of anilines is 1. The molecule has 0 radical (unpaired) electrons. The SMILES string of the molecule is CN(CCN(C)c1ccccc1)C(=O)C1CC(F)(F)CN1. The molecule has 1 amide bonds. The van der Waals surface area contributed by atoms with Crippen LogP contribution in [-0.2, 0) is 4.79 Å². The van der Waals surface area contributed by atoms with E-state index >= 15 is 0 Å². The number of rotatable bonds is 5. The summed E-state index contributed by atoms with van der Waals surface area (Å²) >= 11 is 0. The number of benzene rings is 1. The molecule has 2 rings (SSSR count). The smallest absolute Gasteiger partial charge is 0.262 e. The third-order valence-corrected chi connectivity index (χ3v) is 3.75. The van der Waals surface area contributed by atoms with Crippen LogP contribution in [-0.4, -0.2) is 56.5 Å². The first-order chi connectivity index (χ1) is 9.89. The summed E-state index contributed by atoms with van der Waals surface area (Å²) < 4.78 is 26.2. The van der Waals surface area contributed by atoms with Gasteiger partial charge in [-0.1, -0.05) is 18.2 Å². The number of hydrogen-bond donors (Lipinski definition) is 1. The summed E-state index contributed by atoms with van der Waals surface area (Å²) in [6.07, 6.45) is -0.412. The average Bonchev–Trinajstić information content (AvgIpc) is 2.84. The van der Waals surface area contributed by atoms with Crippen molar-refractivity contribution in [1.29, 1.82) is 0 Å². The molecule has 6 heteroatoms. The Morgan fingerprint density at radius 3 is 2.52 bits per heavy atom. The minimum Gasteiger partial charge on any atom is -0.373 e. The molecule has 0 aliphatic carbocycles. The molecular weight excluding hydrogens is 276 g/mol. The Morgan fingerprint density at radius 2 is 1.95 bits per heavy atom. The summed E-state index contributed by atoms with van der Waals surface area (Å²) in [7, 11) is 3.59. The van der Waals surface area contributed by atoms with Gasteiger partial charge < -0.3 is 9.80 Å². The van der Waals surface area contributed by atoms with Crippen LogP contribution in [0, 0.1) is 0 Å². The second kappa shape index (κ2) is 6.39. The first-order valence-corrected chi connectivity index (χ1v) is 7.01. The summed E-state index contributed by atoms with van der Waals surface area (Å²) in [4.78, 5) is 15.6. The average molecular weight is 297 g/mol. The van der Waals surface area contributed by atoms with Gasteiger partial charge in [0.25, 0.3) is 5.92 Å². The maximum atomic E-state index is 13.1. The fourth-order valence-corrected chi connectivity index (χ4v) is 2.38. The lowest BCUT2D eigenvalue weighted by molar-refractivity contribution is -0.132. The molecule has 1 fully saturated rings. The number of likely N-dealkylation sites (N-methyl/N-ethyl adjacent to an activating group) is 2. The molecule has 1 heterocycles. The summed E-state index contributed by atoms with van der Waals surface area (Å²) in [5, 5.41) is 2.59. The molecule has 1 aromatic rings. The molecule has 4 nitrogen and oxygen atoms in total. The van der Waals surface area contributed by atoms with Crippen LogP contribution in [0.1, 0.15) is 6.42 Å². The van der Waals surface area contributed by atoms with Crippen molar-refractivity contribution in [3.63, 3.8) is 0 Å². The van der Waals surface area contributed by atoms with Crippen molar-refractivity contribution in [3.05, 3.63) is 30.3 Å². The van der Waals surface area contributed by atoms with Gasteiger partial charge in [0.1, 0.15) is 0 Å². The first-order valence-electron chi connectivity index (χ1n) is 7.01. The summed E-state index contributed by atoms with van der Waals surface area (Å²) in [5.74, 6) is -3.05. The summed E-state index contributed by atoms with van der Waals surface area (Å²) in [6.45, 7) is 0.727. The van der Waals surface area contributed by atoms with Crippen LogP contribution >= 0.6 is 0 Å². The van der Waals surface area contributed by atoms with Gasteiger partial charge in [-0.2, -0.15) is 0 Å². The van der Waals surface area contributed by atoms with Crippen LogP contribution < -0.4 is 10.2 Å². The molecule has 1 aromatic carbocycles. The van der Waals surface area contributed by atoms with E-state index in [4.69, 9.17) is 0 Å². The third kappa shape index (κ3) is 4.14. The summed E-state index contributed by atoms with van der Waals surface area (Å²) in [5.41, 5.74) is 1.06. The standard InChI is InChI=1S/C15H21F2N3O/c1-19(12-6-4-3-5-7-12)8-9-20(2)14(21)13-10-15(16,17)11-18-13/h3-7,13,18H,8-11H2,1-2H3. The Balaban J connectivity index is 1.82. The quantitative estimate of drug-likeness (QED) is 0.896. The van der Waals surface area contributed by atoms with Crippen molar-refractivity contribution < 1.29 is 13.6 Å². The Labute approximate surface area is 123 Å². The van der Waals surface area contributed by atoms with Gasteiger partial charge in [0.05, 0.1) is 12.6 Å². The van der Waals surface area contributed by atoms with E-state index in [-0.39, 0.29) is 5.91 Å². The van der Waals surface area contributed by atoms with Gasteiger partial charge in [0.2, 0.25) is 5.91 Å². The molecule has 0 aromatic heterocycles. The second-order valence-corrected chi connectivity index (χ2v) is 5.51. The predicted molar refractivity (Wildman–Crippen MR) is 78.7 cm³/mol. The van der Waals surface area contributed by atoms with Crippen molar-refractivity contribution in [1.82, 2.24) is 10.2 Å². The monoisotopic (exact) mass is 297 g/mol. The molecule has 21 heavy (non-hydrogen) atoms. The largest absolute Gasteiger partial charge is 0.373 e. The van der Waals surface area contributed by atoms with E-state index in [0.29, 0.717) is 13.1 Å². The Hall–Kier alpha value is -1.69. The van der Waals surface area contributed by atoms with E-state index < -0.39 is 24.9 Å². The predicted octanol–water partition coefficient (Wildman–Crippen LogP) is 1.58. The Bertz CT molecular complexity index is 481. The molecular formula is C15H21F2N3O. The normalized spacial score (nSPS) is 20.3. The minimum atomic E-state index is -2.78. The zero-order chi connectivity index (χ0) is 15.5. The maximum Gasteiger partial charge on any atom is 0.262 e. The fraction of sp³-hybridized carbons (Fsp3) is 0.533. The van der Waals surface area contributed by atoms with Gasteiger partial charge in [-0.15, -0.1) is 0 Å². The molecule has 1 aliphatic rings. The van der Waals surface area contributed by atoms with E-state index in [0.717, 1.165) is 5.69 Å². The molecule has 1 unspecified atom stereocenters. The number of carbonyl (C=O) groups excluding carboxylic acids is 1. The van der Waals surface area contributed by atoms with Gasteiger partial charge in [0.15, 0.2) is 0 Å². The van der Waals surface area contributed by atoms with Crippen molar-refractivity contribution >= 4 is 11.6 Å². The van der Waals surface area contributed by atoms with E-state index in [1.807, 2.05) is 42.3 Å². The van der Waals surface area contributed by atoms with Gasteiger partial charge in [-0.25, -0.2) is 8.78 Å². The van der Waals surface area contributed by atoms with Crippen LogP contribution in [0.25, 0.3) is 0 Å². The molecule has 1 saturated heterocycles. The van der Waals surface area contributed by atoms with E-state index in [1.165, 1.54) is 4.90 Å². The third-order valence-electron chi connectivity index (χ3n) is 3.75.